The number of rotatable bonds is 5. The molecule has 13 heavy (non-hydrogen) atoms. The van der Waals surface area contributed by atoms with E-state index in [1.165, 1.54) is 51.3 Å². The topological polar surface area (TPSA) is 6.48 Å². The second kappa shape index (κ2) is 6.68. The van der Waals surface area contributed by atoms with Gasteiger partial charge in [0.05, 0.1) is 0 Å². The Balaban J connectivity index is 1.96. The van der Waals surface area contributed by atoms with E-state index in [4.69, 9.17) is 0 Å². The monoisotopic (exact) mass is 202 g/mol. The van der Waals surface area contributed by atoms with Crippen molar-refractivity contribution in [2.45, 2.75) is 12.8 Å². The van der Waals surface area contributed by atoms with Gasteiger partial charge in [0.1, 0.15) is 0 Å². The Morgan fingerprint density at radius 2 is 1.77 bits per heavy atom. The van der Waals surface area contributed by atoms with E-state index in [-0.39, 0.29) is 0 Å². The van der Waals surface area contributed by atoms with Crippen LogP contribution in [0.25, 0.3) is 0 Å². The number of unbranched alkanes of at least 4 members (excludes halogenated alkanes) is 1. The zero-order valence-electron chi connectivity index (χ0n) is 8.96. The fraction of sp³-hybridized carbons (Fsp3) is 1.00. The molecule has 1 aliphatic rings. The minimum absolute atomic E-state index is 1.25. The number of hydrogen-bond acceptors (Lipinski definition) is 3. The molecule has 0 aromatic rings. The van der Waals surface area contributed by atoms with Crippen molar-refractivity contribution in [2.75, 3.05) is 51.8 Å². The standard InChI is InChI=1S/C10H22N2S/c1-11-6-8-12(9-7-11)5-3-4-10-13-2/h3-10H2,1-2H3. The summed E-state index contributed by atoms with van der Waals surface area (Å²) in [5, 5.41) is 0. The minimum atomic E-state index is 1.25. The van der Waals surface area contributed by atoms with Gasteiger partial charge in [-0.3, -0.25) is 0 Å². The van der Waals surface area contributed by atoms with Gasteiger partial charge in [0, 0.05) is 26.2 Å². The normalized spacial score (nSPS) is 20.8. The largest absolute Gasteiger partial charge is 0.304 e. The molecule has 0 bridgehead atoms. The van der Waals surface area contributed by atoms with Gasteiger partial charge in [-0.1, -0.05) is 0 Å². The second-order valence-corrected chi connectivity index (χ2v) is 4.83. The van der Waals surface area contributed by atoms with Gasteiger partial charge >= 0.3 is 0 Å². The Kier molecular flexibility index (Phi) is 5.83. The van der Waals surface area contributed by atoms with Crippen molar-refractivity contribution < 1.29 is 0 Å². The summed E-state index contributed by atoms with van der Waals surface area (Å²) in [6.07, 6.45) is 4.95. The molecule has 0 aromatic carbocycles. The molecule has 1 aliphatic heterocycles. The van der Waals surface area contributed by atoms with Crippen molar-refractivity contribution in [1.82, 2.24) is 9.80 Å². The van der Waals surface area contributed by atoms with Crippen LogP contribution in [-0.2, 0) is 0 Å². The summed E-state index contributed by atoms with van der Waals surface area (Å²) in [5.74, 6) is 1.33. The molecule has 1 fully saturated rings. The van der Waals surface area contributed by atoms with E-state index in [1.54, 1.807) is 0 Å². The summed E-state index contributed by atoms with van der Waals surface area (Å²) >= 11 is 1.96. The Morgan fingerprint density at radius 1 is 1.08 bits per heavy atom. The van der Waals surface area contributed by atoms with E-state index < -0.39 is 0 Å². The van der Waals surface area contributed by atoms with Crippen molar-refractivity contribution in [3.05, 3.63) is 0 Å². The first kappa shape index (κ1) is 11.3. The number of piperazine rings is 1. The van der Waals surface area contributed by atoms with Crippen molar-refractivity contribution in [3.63, 3.8) is 0 Å². The highest BCUT2D eigenvalue weighted by molar-refractivity contribution is 7.98. The molecule has 0 radical (unpaired) electrons. The van der Waals surface area contributed by atoms with Gasteiger partial charge in [0.2, 0.25) is 0 Å². The lowest BCUT2D eigenvalue weighted by atomic mass is 10.2. The number of hydrogen-bond donors (Lipinski definition) is 0. The van der Waals surface area contributed by atoms with Gasteiger partial charge in [-0.2, -0.15) is 11.8 Å². The van der Waals surface area contributed by atoms with E-state index in [9.17, 15) is 0 Å². The van der Waals surface area contributed by atoms with E-state index >= 15 is 0 Å². The Hall–Kier alpha value is 0.270. The van der Waals surface area contributed by atoms with Crippen LogP contribution in [0.5, 0.6) is 0 Å². The van der Waals surface area contributed by atoms with Crippen LogP contribution >= 0.6 is 11.8 Å². The first-order chi connectivity index (χ1) is 6.33. The molecule has 1 saturated heterocycles. The number of likely N-dealkylation sites (N-methyl/N-ethyl adjacent to an activating group) is 1. The predicted octanol–water partition coefficient (Wildman–Crippen LogP) is 1.38. The van der Waals surface area contributed by atoms with Crippen molar-refractivity contribution in [3.8, 4) is 0 Å². The van der Waals surface area contributed by atoms with E-state index in [0.29, 0.717) is 0 Å². The maximum atomic E-state index is 2.60. The molecule has 78 valence electrons. The maximum Gasteiger partial charge on any atom is 0.0110 e. The van der Waals surface area contributed by atoms with Crippen molar-refractivity contribution in [1.29, 1.82) is 0 Å². The minimum Gasteiger partial charge on any atom is -0.304 e. The molecular formula is C10H22N2S. The summed E-state index contributed by atoms with van der Waals surface area (Å²) in [4.78, 5) is 5.01. The smallest absolute Gasteiger partial charge is 0.0110 e. The molecule has 0 spiro atoms. The SMILES string of the molecule is CSCCCCN1CCN(C)CC1. The van der Waals surface area contributed by atoms with Crippen LogP contribution in [0.4, 0.5) is 0 Å². The molecule has 2 nitrogen and oxygen atoms in total. The highest BCUT2D eigenvalue weighted by Crippen LogP contribution is 2.04. The summed E-state index contributed by atoms with van der Waals surface area (Å²) in [6.45, 7) is 6.37. The summed E-state index contributed by atoms with van der Waals surface area (Å²) in [7, 11) is 2.21. The summed E-state index contributed by atoms with van der Waals surface area (Å²) < 4.78 is 0. The van der Waals surface area contributed by atoms with Crippen LogP contribution in [0.15, 0.2) is 0 Å². The Morgan fingerprint density at radius 3 is 2.38 bits per heavy atom. The average Bonchev–Trinajstić information content (AvgIpc) is 2.15. The first-order valence-corrected chi connectivity index (χ1v) is 6.62. The van der Waals surface area contributed by atoms with Crippen LogP contribution in [-0.4, -0.2) is 61.6 Å². The highest BCUT2D eigenvalue weighted by Gasteiger charge is 2.12. The van der Waals surface area contributed by atoms with Crippen LogP contribution in [0.2, 0.25) is 0 Å². The zero-order valence-corrected chi connectivity index (χ0v) is 9.78. The molecule has 1 heterocycles. The van der Waals surface area contributed by atoms with E-state index in [0.717, 1.165) is 0 Å². The van der Waals surface area contributed by atoms with Crippen molar-refractivity contribution in [2.24, 2.45) is 0 Å². The molecule has 0 unspecified atom stereocenters. The molecule has 0 atom stereocenters. The average molecular weight is 202 g/mol. The van der Waals surface area contributed by atoms with Crippen LogP contribution < -0.4 is 0 Å². The van der Waals surface area contributed by atoms with Crippen LogP contribution in [0, 0.1) is 0 Å². The number of nitrogens with zero attached hydrogens (tertiary/aromatic N) is 2. The van der Waals surface area contributed by atoms with Gasteiger partial charge in [0.15, 0.2) is 0 Å². The predicted molar refractivity (Wildman–Crippen MR) is 61.6 cm³/mol. The van der Waals surface area contributed by atoms with Crippen LogP contribution in [0.3, 0.4) is 0 Å². The second-order valence-electron chi connectivity index (χ2n) is 3.84. The molecular weight excluding hydrogens is 180 g/mol. The molecule has 0 amide bonds. The highest BCUT2D eigenvalue weighted by atomic mass is 32.2. The van der Waals surface area contributed by atoms with Gasteiger partial charge in [0.25, 0.3) is 0 Å². The van der Waals surface area contributed by atoms with Crippen LogP contribution in [0.1, 0.15) is 12.8 Å². The summed E-state index contributed by atoms with van der Waals surface area (Å²) in [5.41, 5.74) is 0. The quantitative estimate of drug-likeness (QED) is 0.622. The van der Waals surface area contributed by atoms with E-state index in [2.05, 4.69) is 23.1 Å². The molecule has 3 heteroatoms. The fourth-order valence-electron chi connectivity index (χ4n) is 1.65. The third-order valence-electron chi connectivity index (χ3n) is 2.67. The molecule has 1 rings (SSSR count). The van der Waals surface area contributed by atoms with Gasteiger partial charge < -0.3 is 9.80 Å². The maximum absolute atomic E-state index is 2.60. The molecule has 0 aromatic heterocycles. The zero-order chi connectivity index (χ0) is 9.52. The lowest BCUT2D eigenvalue weighted by molar-refractivity contribution is 0.153. The van der Waals surface area contributed by atoms with Gasteiger partial charge in [-0.25, -0.2) is 0 Å². The van der Waals surface area contributed by atoms with E-state index in [1.807, 2.05) is 11.8 Å². The summed E-state index contributed by atoms with van der Waals surface area (Å²) in [6, 6.07) is 0. The van der Waals surface area contributed by atoms with Crippen molar-refractivity contribution >= 4 is 11.8 Å². The lowest BCUT2D eigenvalue weighted by Gasteiger charge is -2.32. The Labute approximate surface area is 86.7 Å². The third-order valence-corrected chi connectivity index (χ3v) is 3.37. The van der Waals surface area contributed by atoms with Gasteiger partial charge in [-0.05, 0) is 38.4 Å². The Bertz CT molecular complexity index is 122. The molecule has 0 saturated carbocycles. The fourth-order valence-corrected chi connectivity index (χ4v) is 2.15. The molecule has 0 aliphatic carbocycles. The number of thioether (sulfide) groups is 1. The molecule has 0 N–H and O–H groups in total. The third kappa shape index (κ3) is 4.89. The van der Waals surface area contributed by atoms with Gasteiger partial charge in [-0.15, -0.1) is 0 Å². The lowest BCUT2D eigenvalue weighted by Crippen LogP contribution is -2.44. The first-order valence-electron chi connectivity index (χ1n) is 5.23.